The van der Waals surface area contributed by atoms with E-state index in [0.717, 1.165) is 32.5 Å². The Labute approximate surface area is 165 Å². The Hall–Kier alpha value is -2.64. The Morgan fingerprint density at radius 3 is 2.74 bits per heavy atom. The van der Waals surface area contributed by atoms with E-state index in [2.05, 4.69) is 20.5 Å². The molecule has 0 radical (unpaired) electrons. The third-order valence-electron chi connectivity index (χ3n) is 4.15. The molecule has 0 unspecified atom stereocenters. The van der Waals surface area contributed by atoms with Gasteiger partial charge in [-0.15, -0.1) is 10.2 Å². The highest BCUT2D eigenvalue weighted by molar-refractivity contribution is 8.02. The number of aromatic amines is 1. The number of fused-ring (bicyclic) bond motifs is 1. The molecular weight excluding hydrogens is 376 g/mol. The first-order chi connectivity index (χ1) is 13.3. The summed E-state index contributed by atoms with van der Waals surface area (Å²) in [6, 6.07) is 17.7. The first-order valence-electron chi connectivity index (χ1n) is 8.65. The average Bonchev–Trinajstić information content (AvgIpc) is 3.33. The lowest BCUT2D eigenvalue weighted by Crippen LogP contribution is -2.09. The Morgan fingerprint density at radius 1 is 1.15 bits per heavy atom. The van der Waals surface area contributed by atoms with Gasteiger partial charge in [0.2, 0.25) is 5.13 Å². The number of rotatable bonds is 7. The number of H-pyrrole nitrogens is 1. The molecule has 0 bridgehead atoms. The molecule has 0 saturated heterocycles. The minimum Gasteiger partial charge on any atom is -0.360 e. The zero-order chi connectivity index (χ0) is 18.6. The van der Waals surface area contributed by atoms with E-state index < -0.39 is 0 Å². The quantitative estimate of drug-likeness (QED) is 0.334. The molecule has 0 saturated carbocycles. The second-order valence-electron chi connectivity index (χ2n) is 5.92. The lowest BCUT2D eigenvalue weighted by Gasteiger charge is -2.14. The Balaban J connectivity index is 1.70. The molecule has 27 heavy (non-hydrogen) atoms. The van der Waals surface area contributed by atoms with Gasteiger partial charge in [0.05, 0.1) is 0 Å². The summed E-state index contributed by atoms with van der Waals surface area (Å²) in [6.45, 7) is 2.80. The highest BCUT2D eigenvalue weighted by Gasteiger charge is 2.27. The third kappa shape index (κ3) is 3.74. The van der Waals surface area contributed by atoms with E-state index in [0.29, 0.717) is 5.56 Å². The normalized spacial score (nSPS) is 12.2. The highest BCUT2D eigenvalue weighted by Crippen LogP contribution is 2.40. The topological polar surface area (TPSA) is 70.7 Å². The molecule has 0 aliphatic heterocycles. The number of benzene rings is 2. The standard InChI is InChI=1S/C20H18N4OS2/c1-2-21-19-23-24-20(27-19)26-18(13-8-4-3-5-9-13)17(25)15-12-22-16-11-7-6-10-14(15)16/h3-12,18,22H,2H2,1H3,(H,21,23)/t18-/m0/s1. The second-order valence-corrected chi connectivity index (χ2v) is 8.25. The van der Waals surface area contributed by atoms with Crippen molar-refractivity contribution in [3.63, 3.8) is 0 Å². The lowest BCUT2D eigenvalue weighted by molar-refractivity contribution is 0.0991. The summed E-state index contributed by atoms with van der Waals surface area (Å²) in [5.41, 5.74) is 2.62. The number of aromatic nitrogens is 3. The van der Waals surface area contributed by atoms with Crippen LogP contribution >= 0.6 is 23.1 Å². The summed E-state index contributed by atoms with van der Waals surface area (Å²) in [6.07, 6.45) is 1.80. The molecule has 0 spiro atoms. The molecule has 2 heterocycles. The predicted molar refractivity (Wildman–Crippen MR) is 112 cm³/mol. The van der Waals surface area contributed by atoms with Gasteiger partial charge in [0.1, 0.15) is 5.25 Å². The van der Waals surface area contributed by atoms with Crippen LogP contribution in [0.1, 0.15) is 28.1 Å². The second kappa shape index (κ2) is 7.94. The zero-order valence-corrected chi connectivity index (χ0v) is 16.3. The van der Waals surface area contributed by atoms with Crippen molar-refractivity contribution < 1.29 is 4.79 Å². The number of hydrogen-bond acceptors (Lipinski definition) is 6. The van der Waals surface area contributed by atoms with Crippen molar-refractivity contribution in [3.8, 4) is 0 Å². The van der Waals surface area contributed by atoms with Gasteiger partial charge in [-0.3, -0.25) is 4.79 Å². The summed E-state index contributed by atoms with van der Waals surface area (Å²) in [7, 11) is 0. The van der Waals surface area contributed by atoms with Crippen molar-refractivity contribution in [2.45, 2.75) is 16.5 Å². The van der Waals surface area contributed by atoms with Crippen molar-refractivity contribution in [1.29, 1.82) is 0 Å². The van der Waals surface area contributed by atoms with Crippen LogP contribution in [0.15, 0.2) is 65.1 Å². The van der Waals surface area contributed by atoms with E-state index >= 15 is 0 Å². The third-order valence-corrected chi connectivity index (χ3v) is 6.37. The highest BCUT2D eigenvalue weighted by atomic mass is 32.2. The monoisotopic (exact) mass is 394 g/mol. The molecule has 2 N–H and O–H groups in total. The number of hydrogen-bond donors (Lipinski definition) is 2. The van der Waals surface area contributed by atoms with Crippen LogP contribution in [0.25, 0.3) is 10.9 Å². The summed E-state index contributed by atoms with van der Waals surface area (Å²) in [4.78, 5) is 16.7. The maximum atomic E-state index is 13.5. The van der Waals surface area contributed by atoms with Crippen LogP contribution in [0.3, 0.4) is 0 Å². The molecule has 136 valence electrons. The molecule has 4 aromatic rings. The number of nitrogens with one attached hydrogen (secondary N) is 2. The first-order valence-corrected chi connectivity index (χ1v) is 10.3. The van der Waals surface area contributed by atoms with Crippen LogP contribution in [0.4, 0.5) is 5.13 Å². The van der Waals surface area contributed by atoms with Gasteiger partial charge < -0.3 is 10.3 Å². The fourth-order valence-corrected chi connectivity index (χ4v) is 4.98. The van der Waals surface area contributed by atoms with Gasteiger partial charge in [0.15, 0.2) is 10.1 Å². The Morgan fingerprint density at radius 2 is 1.93 bits per heavy atom. The summed E-state index contributed by atoms with van der Waals surface area (Å²) in [5.74, 6) is 0.0591. The maximum absolute atomic E-state index is 13.5. The van der Waals surface area contributed by atoms with Crippen LogP contribution in [0, 0.1) is 0 Å². The van der Waals surface area contributed by atoms with Crippen molar-refractivity contribution in [2.75, 3.05) is 11.9 Å². The van der Waals surface area contributed by atoms with Crippen LogP contribution in [0.5, 0.6) is 0 Å². The van der Waals surface area contributed by atoms with Crippen LogP contribution < -0.4 is 5.32 Å². The summed E-state index contributed by atoms with van der Waals surface area (Å²) < 4.78 is 0.771. The number of ketones is 1. The summed E-state index contributed by atoms with van der Waals surface area (Å²) >= 11 is 2.91. The molecule has 0 fully saturated rings. The smallest absolute Gasteiger partial charge is 0.206 e. The molecule has 4 rings (SSSR count). The molecule has 1 atom stereocenters. The number of carbonyl (C=O) groups is 1. The van der Waals surface area contributed by atoms with E-state index in [1.54, 1.807) is 6.20 Å². The van der Waals surface area contributed by atoms with Crippen LogP contribution in [-0.2, 0) is 0 Å². The average molecular weight is 395 g/mol. The molecule has 0 aliphatic carbocycles. The fraction of sp³-hybridized carbons (Fsp3) is 0.150. The number of Topliss-reactive ketones (excluding diaryl/α,β-unsaturated/α-hetero) is 1. The number of thioether (sulfide) groups is 1. The van der Waals surface area contributed by atoms with Crippen molar-refractivity contribution >= 4 is 44.9 Å². The minimum atomic E-state index is -0.382. The van der Waals surface area contributed by atoms with Crippen molar-refractivity contribution in [2.24, 2.45) is 0 Å². The first kappa shape index (κ1) is 17.8. The molecule has 2 aromatic carbocycles. The molecule has 0 amide bonds. The van der Waals surface area contributed by atoms with Crippen LogP contribution in [-0.4, -0.2) is 27.5 Å². The predicted octanol–water partition coefficient (Wildman–Crippen LogP) is 5.17. The van der Waals surface area contributed by atoms with Gasteiger partial charge in [0.25, 0.3) is 0 Å². The maximum Gasteiger partial charge on any atom is 0.206 e. The van der Waals surface area contributed by atoms with Gasteiger partial charge in [-0.1, -0.05) is 71.6 Å². The number of carbonyl (C=O) groups excluding carboxylic acids is 1. The van der Waals surface area contributed by atoms with Gasteiger partial charge >= 0.3 is 0 Å². The molecule has 2 aromatic heterocycles. The van der Waals surface area contributed by atoms with E-state index in [1.807, 2.05) is 61.5 Å². The molecular formula is C20H18N4OS2. The Kier molecular flexibility index (Phi) is 5.22. The van der Waals surface area contributed by atoms with Gasteiger partial charge in [-0.2, -0.15) is 0 Å². The van der Waals surface area contributed by atoms with Gasteiger partial charge in [-0.25, -0.2) is 0 Å². The van der Waals surface area contributed by atoms with E-state index in [9.17, 15) is 4.79 Å². The number of nitrogens with zero attached hydrogens (tertiary/aromatic N) is 2. The lowest BCUT2D eigenvalue weighted by atomic mass is 10.0. The SMILES string of the molecule is CCNc1nnc(S[C@H](C(=O)c2c[nH]c3ccccc23)c2ccccc2)s1. The fourth-order valence-electron chi connectivity index (χ4n) is 2.90. The van der Waals surface area contributed by atoms with Crippen molar-refractivity contribution in [3.05, 3.63) is 71.9 Å². The molecule has 5 nitrogen and oxygen atoms in total. The summed E-state index contributed by atoms with van der Waals surface area (Å²) in [5, 5.41) is 12.9. The van der Waals surface area contributed by atoms with E-state index in [4.69, 9.17) is 0 Å². The molecule has 7 heteroatoms. The van der Waals surface area contributed by atoms with Gasteiger partial charge in [0, 0.05) is 29.2 Å². The van der Waals surface area contributed by atoms with E-state index in [-0.39, 0.29) is 11.0 Å². The van der Waals surface area contributed by atoms with Crippen molar-refractivity contribution in [1.82, 2.24) is 15.2 Å². The number of para-hydroxylation sites is 1. The molecule has 0 aliphatic rings. The minimum absolute atomic E-state index is 0.0591. The van der Waals surface area contributed by atoms with E-state index in [1.165, 1.54) is 23.1 Å². The van der Waals surface area contributed by atoms with Gasteiger partial charge in [-0.05, 0) is 18.6 Å². The Bertz CT molecular complexity index is 1060. The zero-order valence-electron chi connectivity index (χ0n) is 14.7. The largest absolute Gasteiger partial charge is 0.360 e. The number of anilines is 1. The van der Waals surface area contributed by atoms with Crippen LogP contribution in [0.2, 0.25) is 0 Å².